The van der Waals surface area contributed by atoms with E-state index in [1.165, 1.54) is 0 Å². The van der Waals surface area contributed by atoms with E-state index in [-0.39, 0.29) is 10.6 Å². The molecular formula is C16H12BrNO3. The van der Waals surface area contributed by atoms with Gasteiger partial charge in [-0.1, -0.05) is 40.2 Å². The molecule has 1 aliphatic rings. The van der Waals surface area contributed by atoms with Crippen LogP contribution in [0.3, 0.4) is 0 Å². The molecule has 0 N–H and O–H groups in total. The molecule has 0 saturated carbocycles. The zero-order valence-corrected chi connectivity index (χ0v) is 12.8. The molecule has 1 atom stereocenters. The maximum absolute atomic E-state index is 11.4. The molecule has 0 aliphatic carbocycles. The molecule has 2 aromatic carbocycles. The SMILES string of the molecule is Cc1ccccc1C1Oc2ccc(Br)cc2C=C1[N+](=O)[O-]. The van der Waals surface area contributed by atoms with Crippen LogP contribution in [0.5, 0.6) is 5.75 Å². The number of nitro groups is 1. The first-order chi connectivity index (χ1) is 10.1. The number of hydrogen-bond acceptors (Lipinski definition) is 3. The Morgan fingerprint density at radius 3 is 2.71 bits per heavy atom. The van der Waals surface area contributed by atoms with Crippen LogP contribution in [0.1, 0.15) is 22.8 Å². The van der Waals surface area contributed by atoms with Crippen LogP contribution >= 0.6 is 15.9 Å². The molecule has 0 spiro atoms. The Kier molecular flexibility index (Phi) is 3.51. The minimum absolute atomic E-state index is 0.0508. The van der Waals surface area contributed by atoms with Crippen molar-refractivity contribution in [2.75, 3.05) is 0 Å². The Morgan fingerprint density at radius 1 is 1.24 bits per heavy atom. The first-order valence-corrected chi connectivity index (χ1v) is 7.23. The average Bonchev–Trinajstić information content (AvgIpc) is 2.46. The summed E-state index contributed by atoms with van der Waals surface area (Å²) in [5.74, 6) is 0.650. The fourth-order valence-electron chi connectivity index (χ4n) is 2.41. The molecule has 0 amide bonds. The number of aryl methyl sites for hydroxylation is 1. The third kappa shape index (κ3) is 2.56. The summed E-state index contributed by atoms with van der Waals surface area (Å²) in [4.78, 5) is 11.0. The quantitative estimate of drug-likeness (QED) is 0.594. The molecule has 106 valence electrons. The van der Waals surface area contributed by atoms with Crippen LogP contribution in [-0.4, -0.2) is 4.92 Å². The molecule has 4 nitrogen and oxygen atoms in total. The summed E-state index contributed by atoms with van der Waals surface area (Å²) in [5, 5.41) is 11.4. The van der Waals surface area contributed by atoms with Gasteiger partial charge in [-0.15, -0.1) is 0 Å². The van der Waals surface area contributed by atoms with Crippen LogP contribution < -0.4 is 4.74 Å². The van der Waals surface area contributed by atoms with E-state index in [4.69, 9.17) is 4.74 Å². The fraction of sp³-hybridized carbons (Fsp3) is 0.125. The van der Waals surface area contributed by atoms with Gasteiger partial charge >= 0.3 is 0 Å². The minimum Gasteiger partial charge on any atom is -0.474 e. The molecule has 1 unspecified atom stereocenters. The van der Waals surface area contributed by atoms with Crippen molar-refractivity contribution in [2.24, 2.45) is 0 Å². The highest BCUT2D eigenvalue weighted by molar-refractivity contribution is 9.10. The van der Waals surface area contributed by atoms with E-state index in [2.05, 4.69) is 15.9 Å². The van der Waals surface area contributed by atoms with Gasteiger partial charge in [-0.3, -0.25) is 10.1 Å². The van der Waals surface area contributed by atoms with Crippen molar-refractivity contribution in [2.45, 2.75) is 13.0 Å². The Labute approximate surface area is 130 Å². The standard InChI is InChI=1S/C16H12BrNO3/c1-10-4-2-3-5-13(10)16-14(18(19)20)9-11-8-12(17)6-7-15(11)21-16/h2-9,16H,1H3. The van der Waals surface area contributed by atoms with Crippen molar-refractivity contribution >= 4 is 22.0 Å². The predicted octanol–water partition coefficient (Wildman–Crippen LogP) is 4.51. The van der Waals surface area contributed by atoms with Gasteiger partial charge < -0.3 is 4.74 Å². The van der Waals surface area contributed by atoms with E-state index in [9.17, 15) is 10.1 Å². The number of fused-ring (bicyclic) bond motifs is 1. The van der Waals surface area contributed by atoms with Crippen molar-refractivity contribution in [1.29, 1.82) is 0 Å². The molecule has 5 heteroatoms. The van der Waals surface area contributed by atoms with Crippen molar-refractivity contribution < 1.29 is 9.66 Å². The molecule has 1 aliphatic heterocycles. The molecular weight excluding hydrogens is 334 g/mol. The van der Waals surface area contributed by atoms with Crippen LogP contribution in [-0.2, 0) is 0 Å². The highest BCUT2D eigenvalue weighted by Crippen LogP contribution is 2.39. The largest absolute Gasteiger partial charge is 0.474 e. The fourth-order valence-corrected chi connectivity index (χ4v) is 2.79. The molecule has 0 radical (unpaired) electrons. The van der Waals surface area contributed by atoms with Crippen LogP contribution in [0.4, 0.5) is 0 Å². The summed E-state index contributed by atoms with van der Waals surface area (Å²) >= 11 is 3.36. The smallest absolute Gasteiger partial charge is 0.291 e. The van der Waals surface area contributed by atoms with E-state index in [1.54, 1.807) is 6.08 Å². The lowest BCUT2D eigenvalue weighted by atomic mass is 9.97. The highest BCUT2D eigenvalue weighted by atomic mass is 79.9. The van der Waals surface area contributed by atoms with Gasteiger partial charge in [0.25, 0.3) is 5.70 Å². The normalized spacial score (nSPS) is 16.7. The topological polar surface area (TPSA) is 52.4 Å². The lowest BCUT2D eigenvalue weighted by Crippen LogP contribution is -2.20. The summed E-state index contributed by atoms with van der Waals surface area (Å²) in [6.07, 6.45) is 0.899. The lowest BCUT2D eigenvalue weighted by Gasteiger charge is -2.23. The van der Waals surface area contributed by atoms with Crippen molar-refractivity contribution in [3.05, 3.63) is 79.4 Å². The van der Waals surface area contributed by atoms with Crippen molar-refractivity contribution in [1.82, 2.24) is 0 Å². The van der Waals surface area contributed by atoms with Crippen LogP contribution in [0, 0.1) is 17.0 Å². The molecule has 3 rings (SSSR count). The number of benzene rings is 2. The first kappa shape index (κ1) is 13.8. The zero-order chi connectivity index (χ0) is 15.0. The van der Waals surface area contributed by atoms with Gasteiger partial charge in [0.05, 0.1) is 4.92 Å². The number of nitrogens with zero attached hydrogens (tertiary/aromatic N) is 1. The summed E-state index contributed by atoms with van der Waals surface area (Å²) in [7, 11) is 0. The highest BCUT2D eigenvalue weighted by Gasteiger charge is 2.33. The third-order valence-electron chi connectivity index (χ3n) is 3.47. The van der Waals surface area contributed by atoms with E-state index < -0.39 is 6.10 Å². The summed E-state index contributed by atoms with van der Waals surface area (Å²) in [6, 6.07) is 13.0. The predicted molar refractivity (Wildman–Crippen MR) is 83.7 cm³/mol. The maximum atomic E-state index is 11.4. The Morgan fingerprint density at radius 2 is 2.00 bits per heavy atom. The van der Waals surface area contributed by atoms with Gasteiger partial charge in [-0.05, 0) is 30.7 Å². The minimum atomic E-state index is -0.685. The van der Waals surface area contributed by atoms with Crippen LogP contribution in [0.25, 0.3) is 6.08 Å². The Bertz CT molecular complexity index is 755. The van der Waals surface area contributed by atoms with E-state index in [1.807, 2.05) is 49.4 Å². The maximum Gasteiger partial charge on any atom is 0.291 e. The molecule has 0 saturated heterocycles. The summed E-state index contributed by atoms with van der Waals surface area (Å²) in [6.45, 7) is 1.92. The molecule has 0 fully saturated rings. The van der Waals surface area contributed by atoms with E-state index in [0.717, 1.165) is 15.6 Å². The summed E-state index contributed by atoms with van der Waals surface area (Å²) in [5.41, 5.74) is 2.54. The van der Waals surface area contributed by atoms with E-state index in [0.29, 0.717) is 11.3 Å². The van der Waals surface area contributed by atoms with Crippen molar-refractivity contribution in [3.63, 3.8) is 0 Å². The van der Waals surface area contributed by atoms with Crippen LogP contribution in [0.15, 0.2) is 52.6 Å². The third-order valence-corrected chi connectivity index (χ3v) is 3.96. The van der Waals surface area contributed by atoms with Crippen LogP contribution in [0.2, 0.25) is 0 Å². The molecule has 2 aromatic rings. The van der Waals surface area contributed by atoms with Gasteiger partial charge in [0, 0.05) is 21.7 Å². The van der Waals surface area contributed by atoms with Crippen molar-refractivity contribution in [3.8, 4) is 5.75 Å². The molecule has 21 heavy (non-hydrogen) atoms. The Hall–Kier alpha value is -2.14. The van der Waals surface area contributed by atoms with Gasteiger partial charge in [-0.25, -0.2) is 0 Å². The zero-order valence-electron chi connectivity index (χ0n) is 11.2. The second-order valence-electron chi connectivity index (χ2n) is 4.86. The molecule has 1 heterocycles. The lowest BCUT2D eigenvalue weighted by molar-refractivity contribution is -0.434. The average molecular weight is 346 g/mol. The number of hydrogen-bond donors (Lipinski definition) is 0. The molecule has 0 bridgehead atoms. The molecule has 0 aromatic heterocycles. The first-order valence-electron chi connectivity index (χ1n) is 6.44. The van der Waals surface area contributed by atoms with Gasteiger partial charge in [0.15, 0.2) is 0 Å². The summed E-state index contributed by atoms with van der Waals surface area (Å²) < 4.78 is 6.76. The number of ether oxygens (including phenoxy) is 1. The second kappa shape index (κ2) is 5.33. The Balaban J connectivity index is 2.14. The second-order valence-corrected chi connectivity index (χ2v) is 5.78. The number of halogens is 1. The van der Waals surface area contributed by atoms with Gasteiger partial charge in [0.2, 0.25) is 6.10 Å². The van der Waals surface area contributed by atoms with Gasteiger partial charge in [-0.2, -0.15) is 0 Å². The van der Waals surface area contributed by atoms with E-state index >= 15 is 0 Å². The monoisotopic (exact) mass is 345 g/mol. The number of rotatable bonds is 2. The van der Waals surface area contributed by atoms with Gasteiger partial charge in [0.1, 0.15) is 5.75 Å².